The fourth-order valence-corrected chi connectivity index (χ4v) is 3.09. The summed E-state index contributed by atoms with van der Waals surface area (Å²) in [5.74, 6) is -1.21. The molecule has 0 atom stereocenters. The Morgan fingerprint density at radius 1 is 1.12 bits per heavy atom. The zero-order valence-electron chi connectivity index (χ0n) is 12.6. The van der Waals surface area contributed by atoms with Gasteiger partial charge in [0, 0.05) is 15.6 Å². The highest BCUT2D eigenvalue weighted by molar-refractivity contribution is 8.00. The van der Waals surface area contributed by atoms with Gasteiger partial charge in [-0.15, -0.1) is 11.8 Å². The monoisotopic (exact) mass is 414 g/mol. The van der Waals surface area contributed by atoms with Crippen molar-refractivity contribution in [3.8, 4) is 0 Å². The molecular weight excluding hydrogens is 403 g/mol. The van der Waals surface area contributed by atoms with Crippen molar-refractivity contribution >= 4 is 69.9 Å². The van der Waals surface area contributed by atoms with Crippen LogP contribution in [0.25, 0.3) is 0 Å². The standard InChI is InChI=1S/C16H12Cl2N2O3S2/c17-9-1-4-11(5-2-9)25-8-14(21)20-16(24)19-10-3-6-12(15(22)23)13(18)7-10/h1-7H,8H2,(H,22,23)(H2,19,20,21,24). The number of thiocarbonyl (C=S) groups is 1. The number of rotatable bonds is 5. The van der Waals surface area contributed by atoms with Crippen molar-refractivity contribution in [2.24, 2.45) is 0 Å². The van der Waals surface area contributed by atoms with Crippen LogP contribution in [0, 0.1) is 0 Å². The molecule has 0 saturated carbocycles. The molecule has 3 N–H and O–H groups in total. The molecule has 25 heavy (non-hydrogen) atoms. The molecule has 0 bridgehead atoms. The lowest BCUT2D eigenvalue weighted by molar-refractivity contribution is -0.117. The molecule has 0 unspecified atom stereocenters. The molecule has 0 saturated heterocycles. The molecule has 2 rings (SSSR count). The zero-order chi connectivity index (χ0) is 18.4. The summed E-state index contributed by atoms with van der Waals surface area (Å²) in [5.41, 5.74) is 0.465. The normalized spacial score (nSPS) is 10.2. The van der Waals surface area contributed by atoms with Crippen molar-refractivity contribution in [1.82, 2.24) is 5.32 Å². The summed E-state index contributed by atoms with van der Waals surface area (Å²) >= 11 is 18.1. The van der Waals surface area contributed by atoms with Crippen LogP contribution in [-0.4, -0.2) is 27.8 Å². The largest absolute Gasteiger partial charge is 0.478 e. The van der Waals surface area contributed by atoms with Crippen LogP contribution in [0.15, 0.2) is 47.4 Å². The average Bonchev–Trinajstić information content (AvgIpc) is 2.54. The van der Waals surface area contributed by atoms with Gasteiger partial charge >= 0.3 is 5.97 Å². The average molecular weight is 415 g/mol. The van der Waals surface area contributed by atoms with Crippen LogP contribution in [0.3, 0.4) is 0 Å². The summed E-state index contributed by atoms with van der Waals surface area (Å²) in [7, 11) is 0. The van der Waals surface area contributed by atoms with Gasteiger partial charge in [0.1, 0.15) is 0 Å². The van der Waals surface area contributed by atoms with Gasteiger partial charge in [0.15, 0.2) is 5.11 Å². The van der Waals surface area contributed by atoms with Crippen molar-refractivity contribution < 1.29 is 14.7 Å². The summed E-state index contributed by atoms with van der Waals surface area (Å²) in [4.78, 5) is 23.7. The van der Waals surface area contributed by atoms with Gasteiger partial charge in [0.05, 0.1) is 16.3 Å². The molecule has 0 aliphatic rings. The number of carbonyl (C=O) groups is 2. The lowest BCUT2D eigenvalue weighted by atomic mass is 10.2. The van der Waals surface area contributed by atoms with Gasteiger partial charge in [0.25, 0.3) is 0 Å². The first kappa shape index (κ1) is 19.5. The van der Waals surface area contributed by atoms with Crippen molar-refractivity contribution in [2.45, 2.75) is 4.90 Å². The minimum atomic E-state index is -1.12. The Hall–Kier alpha value is -1.80. The highest BCUT2D eigenvalue weighted by atomic mass is 35.5. The molecule has 0 aliphatic carbocycles. The highest BCUT2D eigenvalue weighted by Crippen LogP contribution is 2.21. The van der Waals surface area contributed by atoms with E-state index in [9.17, 15) is 9.59 Å². The van der Waals surface area contributed by atoms with Crippen LogP contribution >= 0.6 is 47.2 Å². The third-order valence-corrected chi connectivity index (χ3v) is 4.67. The lowest BCUT2D eigenvalue weighted by Crippen LogP contribution is -2.35. The van der Waals surface area contributed by atoms with Crippen LogP contribution in [0.5, 0.6) is 0 Å². The second-order valence-electron chi connectivity index (χ2n) is 4.74. The third-order valence-electron chi connectivity index (χ3n) is 2.89. The molecule has 0 fully saturated rings. The summed E-state index contributed by atoms with van der Waals surface area (Å²) in [5, 5.41) is 15.1. The lowest BCUT2D eigenvalue weighted by Gasteiger charge is -2.10. The molecule has 2 aromatic rings. The molecule has 0 spiro atoms. The fourth-order valence-electron chi connectivity index (χ4n) is 1.77. The van der Waals surface area contributed by atoms with Gasteiger partial charge in [0.2, 0.25) is 5.91 Å². The van der Waals surface area contributed by atoms with Crippen LogP contribution in [0.2, 0.25) is 10.0 Å². The van der Waals surface area contributed by atoms with Gasteiger partial charge in [-0.25, -0.2) is 4.79 Å². The number of anilines is 1. The molecule has 2 aromatic carbocycles. The predicted octanol–water partition coefficient (Wildman–Crippen LogP) is 4.30. The van der Waals surface area contributed by atoms with E-state index in [1.165, 1.54) is 30.0 Å². The van der Waals surface area contributed by atoms with Gasteiger partial charge in [-0.3, -0.25) is 4.79 Å². The molecule has 0 heterocycles. The van der Waals surface area contributed by atoms with E-state index in [4.69, 9.17) is 40.5 Å². The minimum Gasteiger partial charge on any atom is -0.478 e. The van der Waals surface area contributed by atoms with Crippen molar-refractivity contribution in [2.75, 3.05) is 11.1 Å². The Balaban J connectivity index is 1.85. The minimum absolute atomic E-state index is 0.0125. The van der Waals surface area contributed by atoms with Crippen LogP contribution in [-0.2, 0) is 4.79 Å². The SMILES string of the molecule is O=C(CSc1ccc(Cl)cc1)NC(=S)Nc1ccc(C(=O)O)c(Cl)c1. The number of thioether (sulfide) groups is 1. The first-order valence-electron chi connectivity index (χ1n) is 6.87. The number of nitrogens with one attached hydrogen (secondary N) is 2. The molecule has 0 radical (unpaired) electrons. The quantitative estimate of drug-likeness (QED) is 0.499. The fraction of sp³-hybridized carbons (Fsp3) is 0.0625. The summed E-state index contributed by atoms with van der Waals surface area (Å²) in [6.45, 7) is 0. The number of amides is 1. The Bertz CT molecular complexity index is 814. The maximum Gasteiger partial charge on any atom is 0.337 e. The molecule has 0 aromatic heterocycles. The summed E-state index contributed by atoms with van der Waals surface area (Å²) < 4.78 is 0. The van der Waals surface area contributed by atoms with Crippen molar-refractivity contribution in [3.05, 3.63) is 58.1 Å². The molecule has 0 aliphatic heterocycles. The number of benzene rings is 2. The first-order chi connectivity index (χ1) is 11.8. The second kappa shape index (κ2) is 9.05. The number of carboxylic acids is 1. The van der Waals surface area contributed by atoms with Crippen LogP contribution in [0.4, 0.5) is 5.69 Å². The Morgan fingerprint density at radius 3 is 2.40 bits per heavy atom. The molecule has 9 heteroatoms. The smallest absolute Gasteiger partial charge is 0.337 e. The van der Waals surface area contributed by atoms with Crippen LogP contribution < -0.4 is 10.6 Å². The maximum absolute atomic E-state index is 11.9. The number of hydrogen-bond acceptors (Lipinski definition) is 4. The van der Waals surface area contributed by atoms with Gasteiger partial charge in [-0.2, -0.15) is 0 Å². The van der Waals surface area contributed by atoms with E-state index in [0.29, 0.717) is 10.7 Å². The predicted molar refractivity (Wildman–Crippen MR) is 105 cm³/mol. The number of hydrogen-bond donors (Lipinski definition) is 3. The van der Waals surface area contributed by atoms with E-state index in [0.717, 1.165) is 4.90 Å². The number of aromatic carboxylic acids is 1. The van der Waals surface area contributed by atoms with E-state index >= 15 is 0 Å². The second-order valence-corrected chi connectivity index (χ2v) is 7.05. The number of halogens is 2. The summed E-state index contributed by atoms with van der Waals surface area (Å²) in [6.07, 6.45) is 0. The van der Waals surface area contributed by atoms with Crippen molar-refractivity contribution in [1.29, 1.82) is 0 Å². The van der Waals surface area contributed by atoms with Gasteiger partial charge < -0.3 is 15.7 Å². The zero-order valence-corrected chi connectivity index (χ0v) is 15.7. The Labute approximate surface area is 163 Å². The summed E-state index contributed by atoms with van der Waals surface area (Å²) in [6, 6.07) is 11.4. The van der Waals surface area contributed by atoms with Crippen molar-refractivity contribution in [3.63, 3.8) is 0 Å². The number of carbonyl (C=O) groups excluding carboxylic acids is 1. The van der Waals surface area contributed by atoms with E-state index < -0.39 is 5.97 Å². The topological polar surface area (TPSA) is 78.4 Å². The first-order valence-corrected chi connectivity index (χ1v) is 9.02. The van der Waals surface area contributed by atoms with E-state index in [-0.39, 0.29) is 27.4 Å². The van der Waals surface area contributed by atoms with E-state index in [1.54, 1.807) is 12.1 Å². The molecule has 5 nitrogen and oxygen atoms in total. The third kappa shape index (κ3) is 6.21. The van der Waals surface area contributed by atoms with Gasteiger partial charge in [-0.1, -0.05) is 23.2 Å². The Kier molecular flexibility index (Phi) is 7.07. The van der Waals surface area contributed by atoms with E-state index in [2.05, 4.69) is 10.6 Å². The van der Waals surface area contributed by atoms with Crippen LogP contribution in [0.1, 0.15) is 10.4 Å². The number of carboxylic acid groups (broad SMARTS) is 1. The molecule has 130 valence electrons. The molecule has 1 amide bonds. The van der Waals surface area contributed by atoms with Gasteiger partial charge in [-0.05, 0) is 54.7 Å². The van der Waals surface area contributed by atoms with E-state index in [1.807, 2.05) is 12.1 Å². The molecular formula is C16H12Cl2N2O3S2. The Morgan fingerprint density at radius 2 is 1.80 bits per heavy atom. The maximum atomic E-state index is 11.9. The highest BCUT2D eigenvalue weighted by Gasteiger charge is 2.10.